The zero-order chi connectivity index (χ0) is 16.9. The van der Waals surface area contributed by atoms with Gasteiger partial charge in [-0.2, -0.15) is 0 Å². The Labute approximate surface area is 128 Å². The largest absolute Gasteiger partial charge is 0.394 e. The maximum atomic E-state index is 11.8. The van der Waals surface area contributed by atoms with Crippen LogP contribution in [0.3, 0.4) is 0 Å². The van der Waals surface area contributed by atoms with Gasteiger partial charge < -0.3 is 25.7 Å². The van der Waals surface area contributed by atoms with Gasteiger partial charge in [0.15, 0.2) is 0 Å². The third-order valence-corrected chi connectivity index (χ3v) is 3.49. The number of aryl methyl sites for hydroxylation is 2. The molecule has 1 amide bonds. The number of aliphatic hydroxyl groups excluding tert-OH is 4. The Bertz CT molecular complexity index is 523. The Hall–Kier alpha value is -1.71. The van der Waals surface area contributed by atoms with E-state index in [9.17, 15) is 20.1 Å². The lowest BCUT2D eigenvalue weighted by Gasteiger charge is -2.23. The van der Waals surface area contributed by atoms with E-state index in [1.807, 2.05) is 19.3 Å². The molecular weight excluding hydrogens is 290 g/mol. The van der Waals surface area contributed by atoms with Crippen molar-refractivity contribution in [2.24, 2.45) is 5.84 Å². The number of benzene rings is 1. The number of nitrogen functional groups attached to an aromatic ring is 1. The van der Waals surface area contributed by atoms with E-state index in [0.717, 1.165) is 11.1 Å². The van der Waals surface area contributed by atoms with Gasteiger partial charge in [-0.25, -0.2) is 5.84 Å². The number of anilines is 1. The Balaban J connectivity index is 2.89. The molecule has 0 radical (unpaired) electrons. The molecule has 0 saturated heterocycles. The standard InChI is InChI=1S/C14H23N3O5/c1-7-3-9(14(22)17-15)10(4-8(7)2)16-5-11(19)13(21)12(20)6-18/h3-4,11-13,16,18-21H,5-6,15H2,1-2H3,(H,17,22)/t11-,12+,13+/m0/s1. The number of hydrazine groups is 1. The van der Waals surface area contributed by atoms with Gasteiger partial charge in [0.25, 0.3) is 5.91 Å². The van der Waals surface area contributed by atoms with E-state index in [-0.39, 0.29) is 6.54 Å². The molecule has 0 saturated carbocycles. The van der Waals surface area contributed by atoms with E-state index in [0.29, 0.717) is 11.3 Å². The van der Waals surface area contributed by atoms with E-state index < -0.39 is 30.8 Å². The number of rotatable bonds is 7. The molecule has 1 aromatic rings. The summed E-state index contributed by atoms with van der Waals surface area (Å²) in [6.07, 6.45) is -4.27. The number of hydrogen-bond acceptors (Lipinski definition) is 7. The second-order valence-electron chi connectivity index (χ2n) is 5.14. The maximum Gasteiger partial charge on any atom is 0.267 e. The topological polar surface area (TPSA) is 148 Å². The summed E-state index contributed by atoms with van der Waals surface area (Å²) in [4.78, 5) is 11.8. The fourth-order valence-corrected chi connectivity index (χ4v) is 1.93. The number of carbonyl (C=O) groups is 1. The molecule has 3 atom stereocenters. The molecule has 0 aromatic heterocycles. The second kappa shape index (κ2) is 8.06. The molecule has 8 N–H and O–H groups in total. The fourth-order valence-electron chi connectivity index (χ4n) is 1.93. The number of hydrogen-bond donors (Lipinski definition) is 7. The minimum atomic E-state index is -1.50. The smallest absolute Gasteiger partial charge is 0.267 e. The van der Waals surface area contributed by atoms with Gasteiger partial charge in [0.2, 0.25) is 0 Å². The van der Waals surface area contributed by atoms with Crippen molar-refractivity contribution in [2.45, 2.75) is 32.2 Å². The summed E-state index contributed by atoms with van der Waals surface area (Å²) in [6.45, 7) is 2.93. The van der Waals surface area contributed by atoms with Gasteiger partial charge in [0, 0.05) is 12.2 Å². The summed E-state index contributed by atoms with van der Waals surface area (Å²) in [7, 11) is 0. The van der Waals surface area contributed by atoms with E-state index >= 15 is 0 Å². The Morgan fingerprint density at radius 3 is 2.32 bits per heavy atom. The highest BCUT2D eigenvalue weighted by atomic mass is 16.4. The quantitative estimate of drug-likeness (QED) is 0.182. The van der Waals surface area contributed by atoms with Crippen molar-refractivity contribution in [2.75, 3.05) is 18.5 Å². The molecule has 0 spiro atoms. The van der Waals surface area contributed by atoms with Crippen molar-refractivity contribution in [1.82, 2.24) is 5.43 Å². The number of nitrogens with two attached hydrogens (primary N) is 1. The Morgan fingerprint density at radius 2 is 1.77 bits per heavy atom. The van der Waals surface area contributed by atoms with Gasteiger partial charge in [0.1, 0.15) is 12.2 Å². The molecule has 8 heteroatoms. The lowest BCUT2D eigenvalue weighted by molar-refractivity contribution is -0.0715. The third-order valence-electron chi connectivity index (χ3n) is 3.49. The first-order valence-electron chi connectivity index (χ1n) is 6.83. The van der Waals surface area contributed by atoms with Crippen LogP contribution in [-0.2, 0) is 0 Å². The van der Waals surface area contributed by atoms with E-state index in [4.69, 9.17) is 10.9 Å². The zero-order valence-electron chi connectivity index (χ0n) is 12.6. The normalized spacial score (nSPS) is 15.0. The number of amides is 1. The second-order valence-corrected chi connectivity index (χ2v) is 5.14. The van der Waals surface area contributed by atoms with E-state index in [1.54, 1.807) is 12.1 Å². The SMILES string of the molecule is Cc1cc(NC[C@H](O)[C@@H](O)[C@H](O)CO)c(C(=O)NN)cc1C. The minimum Gasteiger partial charge on any atom is -0.394 e. The molecule has 0 bridgehead atoms. The van der Waals surface area contributed by atoms with Crippen molar-refractivity contribution in [3.8, 4) is 0 Å². The van der Waals surface area contributed by atoms with Crippen LogP contribution in [0.2, 0.25) is 0 Å². The molecule has 0 unspecified atom stereocenters. The average molecular weight is 313 g/mol. The van der Waals surface area contributed by atoms with Crippen LogP contribution in [0.4, 0.5) is 5.69 Å². The molecule has 0 aliphatic rings. The van der Waals surface area contributed by atoms with Crippen LogP contribution < -0.4 is 16.6 Å². The van der Waals surface area contributed by atoms with Gasteiger partial charge in [0.05, 0.1) is 18.3 Å². The predicted molar refractivity (Wildman–Crippen MR) is 81.2 cm³/mol. The van der Waals surface area contributed by atoms with Crippen molar-refractivity contribution in [1.29, 1.82) is 0 Å². The molecule has 1 aromatic carbocycles. The minimum absolute atomic E-state index is 0.119. The molecule has 0 aliphatic heterocycles. The highest BCUT2D eigenvalue weighted by molar-refractivity contribution is 5.99. The van der Waals surface area contributed by atoms with Gasteiger partial charge in [-0.05, 0) is 37.1 Å². The number of nitrogens with one attached hydrogen (secondary N) is 2. The Morgan fingerprint density at radius 1 is 1.18 bits per heavy atom. The molecular formula is C14H23N3O5. The first-order chi connectivity index (χ1) is 10.3. The first kappa shape index (κ1) is 18.3. The lowest BCUT2D eigenvalue weighted by Crippen LogP contribution is -2.43. The molecule has 0 heterocycles. The van der Waals surface area contributed by atoms with Gasteiger partial charge in [-0.15, -0.1) is 0 Å². The van der Waals surface area contributed by atoms with Gasteiger partial charge in [-0.1, -0.05) is 0 Å². The van der Waals surface area contributed by atoms with Crippen LogP contribution in [0.25, 0.3) is 0 Å². The van der Waals surface area contributed by atoms with Crippen molar-refractivity contribution in [3.05, 3.63) is 28.8 Å². The highest BCUT2D eigenvalue weighted by Gasteiger charge is 2.24. The summed E-state index contributed by atoms with van der Waals surface area (Å²) in [5, 5.41) is 40.2. The van der Waals surface area contributed by atoms with Crippen molar-refractivity contribution < 1.29 is 25.2 Å². The zero-order valence-corrected chi connectivity index (χ0v) is 12.6. The molecule has 22 heavy (non-hydrogen) atoms. The molecule has 8 nitrogen and oxygen atoms in total. The fraction of sp³-hybridized carbons (Fsp3) is 0.500. The molecule has 124 valence electrons. The van der Waals surface area contributed by atoms with Gasteiger partial charge >= 0.3 is 0 Å². The van der Waals surface area contributed by atoms with Crippen LogP contribution in [0.5, 0.6) is 0 Å². The summed E-state index contributed by atoms with van der Waals surface area (Å²) in [6, 6.07) is 3.38. The van der Waals surface area contributed by atoms with E-state index in [2.05, 4.69) is 5.32 Å². The molecule has 0 fully saturated rings. The van der Waals surface area contributed by atoms with Gasteiger partial charge in [-0.3, -0.25) is 10.2 Å². The molecule has 0 aliphatic carbocycles. The number of aliphatic hydroxyl groups is 4. The summed E-state index contributed by atoms with van der Waals surface area (Å²) in [5.41, 5.74) is 4.62. The summed E-state index contributed by atoms with van der Waals surface area (Å²) in [5.74, 6) is 4.66. The predicted octanol–water partition coefficient (Wildman–Crippen LogP) is -1.61. The lowest BCUT2D eigenvalue weighted by atomic mass is 10.0. The first-order valence-corrected chi connectivity index (χ1v) is 6.83. The molecule has 1 rings (SSSR count). The van der Waals surface area contributed by atoms with Crippen LogP contribution in [0.1, 0.15) is 21.5 Å². The monoisotopic (exact) mass is 313 g/mol. The third kappa shape index (κ3) is 4.39. The number of carbonyl (C=O) groups excluding carboxylic acids is 1. The summed E-state index contributed by atoms with van der Waals surface area (Å²) >= 11 is 0. The van der Waals surface area contributed by atoms with Crippen LogP contribution in [-0.4, -0.2) is 57.8 Å². The van der Waals surface area contributed by atoms with E-state index in [1.165, 1.54) is 0 Å². The van der Waals surface area contributed by atoms with Crippen LogP contribution >= 0.6 is 0 Å². The maximum absolute atomic E-state index is 11.8. The highest BCUT2D eigenvalue weighted by Crippen LogP contribution is 2.21. The van der Waals surface area contributed by atoms with Crippen molar-refractivity contribution >= 4 is 11.6 Å². The Kier molecular flexibility index (Phi) is 6.72. The summed E-state index contributed by atoms with van der Waals surface area (Å²) < 4.78 is 0. The average Bonchev–Trinajstić information content (AvgIpc) is 2.52. The van der Waals surface area contributed by atoms with Crippen LogP contribution in [0.15, 0.2) is 12.1 Å². The van der Waals surface area contributed by atoms with Crippen molar-refractivity contribution in [3.63, 3.8) is 0 Å². The van der Waals surface area contributed by atoms with Crippen LogP contribution in [0, 0.1) is 13.8 Å².